The number of amides is 1. The quantitative estimate of drug-likeness (QED) is 0.697. The summed E-state index contributed by atoms with van der Waals surface area (Å²) in [5.74, 6) is -0.820. The van der Waals surface area contributed by atoms with Gasteiger partial charge in [-0.1, -0.05) is 23.7 Å². The summed E-state index contributed by atoms with van der Waals surface area (Å²) in [6, 6.07) is 13.6. The van der Waals surface area contributed by atoms with Crippen LogP contribution in [0.25, 0.3) is 0 Å². The molecule has 7 heteroatoms. The second kappa shape index (κ2) is 7.84. The molecule has 1 N–H and O–H groups in total. The average molecular weight is 370 g/mol. The zero-order valence-electron chi connectivity index (χ0n) is 14.0. The molecule has 0 bridgehead atoms. The van der Waals surface area contributed by atoms with Crippen LogP contribution < -0.4 is 5.32 Å². The van der Waals surface area contributed by atoms with E-state index in [-0.39, 0.29) is 5.91 Å². The highest BCUT2D eigenvalue weighted by atomic mass is 35.5. The number of anilines is 1. The highest BCUT2D eigenvalue weighted by Gasteiger charge is 2.12. The molecule has 26 heavy (non-hydrogen) atoms. The molecule has 0 aliphatic carbocycles. The number of rotatable bonds is 5. The number of halogens is 1. The lowest BCUT2D eigenvalue weighted by atomic mass is 10.1. The first-order chi connectivity index (χ1) is 12.6. The van der Waals surface area contributed by atoms with Crippen molar-refractivity contribution in [1.82, 2.24) is 9.78 Å². The Hall–Kier alpha value is -3.12. The molecule has 1 amide bonds. The third-order valence-electron chi connectivity index (χ3n) is 3.76. The summed E-state index contributed by atoms with van der Waals surface area (Å²) < 4.78 is 6.47. The maximum atomic E-state index is 12.4. The van der Waals surface area contributed by atoms with Gasteiger partial charge in [0.1, 0.15) is 0 Å². The smallest absolute Gasteiger partial charge is 0.337 e. The van der Waals surface area contributed by atoms with E-state index in [1.807, 2.05) is 24.4 Å². The fraction of sp³-hybridized carbons (Fsp3) is 0.105. The number of hydrogen-bond donors (Lipinski definition) is 1. The van der Waals surface area contributed by atoms with Crippen molar-refractivity contribution in [3.63, 3.8) is 0 Å². The van der Waals surface area contributed by atoms with Crippen LogP contribution >= 0.6 is 11.6 Å². The molecule has 3 rings (SSSR count). The summed E-state index contributed by atoms with van der Waals surface area (Å²) in [6.07, 6.45) is 3.59. The van der Waals surface area contributed by atoms with Crippen LogP contribution in [0.1, 0.15) is 26.3 Å². The van der Waals surface area contributed by atoms with E-state index in [0.29, 0.717) is 28.4 Å². The van der Waals surface area contributed by atoms with Crippen LogP contribution in [0.3, 0.4) is 0 Å². The van der Waals surface area contributed by atoms with Crippen molar-refractivity contribution in [3.8, 4) is 0 Å². The van der Waals surface area contributed by atoms with Crippen LogP contribution in [0, 0.1) is 0 Å². The lowest BCUT2D eigenvalue weighted by Crippen LogP contribution is -2.13. The number of benzene rings is 2. The minimum absolute atomic E-state index is 0.307. The molecule has 2 aromatic carbocycles. The summed E-state index contributed by atoms with van der Waals surface area (Å²) in [5.41, 5.74) is 2.16. The monoisotopic (exact) mass is 369 g/mol. The summed E-state index contributed by atoms with van der Waals surface area (Å²) in [4.78, 5) is 24.1. The second-order valence-electron chi connectivity index (χ2n) is 5.54. The van der Waals surface area contributed by atoms with Gasteiger partial charge in [0, 0.05) is 18.0 Å². The molecule has 1 heterocycles. The van der Waals surface area contributed by atoms with Crippen molar-refractivity contribution >= 4 is 29.2 Å². The standard InChI is InChI=1S/C19H16ClN3O3/c1-26-19(25)15-7-8-16(20)17(11-15)22-18(24)14-5-3-13(4-6-14)12-23-10-2-9-21-23/h2-11H,12H2,1H3,(H,22,24). The highest BCUT2D eigenvalue weighted by Crippen LogP contribution is 2.24. The van der Waals surface area contributed by atoms with Crippen LogP contribution in [-0.2, 0) is 11.3 Å². The van der Waals surface area contributed by atoms with Gasteiger partial charge in [0.05, 0.1) is 29.9 Å². The van der Waals surface area contributed by atoms with Gasteiger partial charge in [0.15, 0.2) is 0 Å². The molecule has 0 aliphatic heterocycles. The van der Waals surface area contributed by atoms with Crippen molar-refractivity contribution in [2.24, 2.45) is 0 Å². The van der Waals surface area contributed by atoms with Gasteiger partial charge in [0.25, 0.3) is 5.91 Å². The van der Waals surface area contributed by atoms with Gasteiger partial charge < -0.3 is 10.1 Å². The van der Waals surface area contributed by atoms with Crippen molar-refractivity contribution in [2.75, 3.05) is 12.4 Å². The van der Waals surface area contributed by atoms with Gasteiger partial charge in [-0.05, 0) is 42.0 Å². The highest BCUT2D eigenvalue weighted by molar-refractivity contribution is 6.34. The predicted octanol–water partition coefficient (Wildman–Crippen LogP) is 3.62. The largest absolute Gasteiger partial charge is 0.465 e. The molecule has 0 saturated heterocycles. The SMILES string of the molecule is COC(=O)c1ccc(Cl)c(NC(=O)c2ccc(Cn3cccn3)cc2)c1. The molecule has 0 fully saturated rings. The fourth-order valence-corrected chi connectivity index (χ4v) is 2.57. The van der Waals surface area contributed by atoms with Gasteiger partial charge in [-0.3, -0.25) is 9.48 Å². The minimum atomic E-state index is -0.500. The number of nitrogens with one attached hydrogen (secondary N) is 1. The Morgan fingerprint density at radius 2 is 1.88 bits per heavy atom. The average Bonchev–Trinajstić information content (AvgIpc) is 3.16. The molecular weight excluding hydrogens is 354 g/mol. The lowest BCUT2D eigenvalue weighted by molar-refractivity contribution is 0.0600. The van der Waals surface area contributed by atoms with E-state index in [1.54, 1.807) is 23.0 Å². The molecule has 0 saturated carbocycles. The molecular formula is C19H16ClN3O3. The molecule has 132 valence electrons. The van der Waals surface area contributed by atoms with E-state index in [9.17, 15) is 9.59 Å². The maximum Gasteiger partial charge on any atom is 0.337 e. The van der Waals surface area contributed by atoms with Gasteiger partial charge in [-0.2, -0.15) is 5.10 Å². The second-order valence-corrected chi connectivity index (χ2v) is 5.95. The molecule has 0 radical (unpaired) electrons. The summed E-state index contributed by atoms with van der Waals surface area (Å²) in [6.45, 7) is 0.627. The molecule has 0 atom stereocenters. The molecule has 0 spiro atoms. The molecule has 1 aromatic heterocycles. The molecule has 0 aliphatic rings. The number of methoxy groups -OCH3 is 1. The number of esters is 1. The first-order valence-electron chi connectivity index (χ1n) is 7.82. The maximum absolute atomic E-state index is 12.4. The van der Waals surface area contributed by atoms with E-state index < -0.39 is 5.97 Å². The Morgan fingerprint density at radius 1 is 1.15 bits per heavy atom. The van der Waals surface area contributed by atoms with Crippen LogP contribution in [0.15, 0.2) is 60.9 Å². The zero-order chi connectivity index (χ0) is 18.5. The summed E-state index contributed by atoms with van der Waals surface area (Å²) in [7, 11) is 1.29. The van der Waals surface area contributed by atoms with E-state index >= 15 is 0 Å². The Kier molecular flexibility index (Phi) is 5.34. The molecule has 6 nitrogen and oxygen atoms in total. The lowest BCUT2D eigenvalue weighted by Gasteiger charge is -2.09. The number of aromatic nitrogens is 2. The van der Waals surface area contributed by atoms with Crippen molar-refractivity contribution in [3.05, 3.63) is 82.6 Å². The van der Waals surface area contributed by atoms with E-state index in [1.165, 1.54) is 25.3 Å². The zero-order valence-corrected chi connectivity index (χ0v) is 14.7. The van der Waals surface area contributed by atoms with Crippen LogP contribution in [-0.4, -0.2) is 28.8 Å². The number of ether oxygens (including phenoxy) is 1. The summed E-state index contributed by atoms with van der Waals surface area (Å²) >= 11 is 6.10. The Balaban J connectivity index is 1.72. The van der Waals surface area contributed by atoms with Crippen molar-refractivity contribution < 1.29 is 14.3 Å². The predicted molar refractivity (Wildman–Crippen MR) is 98.5 cm³/mol. The first-order valence-corrected chi connectivity index (χ1v) is 8.20. The van der Waals surface area contributed by atoms with E-state index in [2.05, 4.69) is 15.2 Å². The van der Waals surface area contributed by atoms with Gasteiger partial charge in [0.2, 0.25) is 0 Å². The molecule has 0 unspecified atom stereocenters. The third kappa shape index (κ3) is 4.10. The van der Waals surface area contributed by atoms with Gasteiger partial charge in [-0.25, -0.2) is 4.79 Å². The first kappa shape index (κ1) is 17.7. The number of carbonyl (C=O) groups is 2. The number of carbonyl (C=O) groups excluding carboxylic acids is 2. The van der Waals surface area contributed by atoms with Crippen LogP contribution in [0.2, 0.25) is 5.02 Å². The number of nitrogens with zero attached hydrogens (tertiary/aromatic N) is 2. The summed E-state index contributed by atoms with van der Waals surface area (Å²) in [5, 5.41) is 7.20. The van der Waals surface area contributed by atoms with Gasteiger partial charge in [-0.15, -0.1) is 0 Å². The van der Waals surface area contributed by atoms with E-state index in [0.717, 1.165) is 5.56 Å². The Bertz CT molecular complexity index is 922. The van der Waals surface area contributed by atoms with E-state index in [4.69, 9.17) is 11.6 Å². The third-order valence-corrected chi connectivity index (χ3v) is 4.09. The Labute approximate surface area is 155 Å². The number of hydrogen-bond acceptors (Lipinski definition) is 4. The molecule has 3 aromatic rings. The normalized spacial score (nSPS) is 10.4. The minimum Gasteiger partial charge on any atom is -0.465 e. The van der Waals surface area contributed by atoms with Crippen LogP contribution in [0.5, 0.6) is 0 Å². The Morgan fingerprint density at radius 3 is 2.54 bits per heavy atom. The van der Waals surface area contributed by atoms with Crippen molar-refractivity contribution in [2.45, 2.75) is 6.54 Å². The van der Waals surface area contributed by atoms with Crippen LogP contribution in [0.4, 0.5) is 5.69 Å². The fourth-order valence-electron chi connectivity index (χ4n) is 2.40. The van der Waals surface area contributed by atoms with Gasteiger partial charge >= 0.3 is 5.97 Å². The van der Waals surface area contributed by atoms with Crippen molar-refractivity contribution in [1.29, 1.82) is 0 Å². The topological polar surface area (TPSA) is 73.2 Å².